The van der Waals surface area contributed by atoms with Crippen molar-refractivity contribution in [3.8, 4) is 0 Å². The molecule has 0 saturated carbocycles. The van der Waals surface area contributed by atoms with Crippen LogP contribution in [0.2, 0.25) is 0 Å². The van der Waals surface area contributed by atoms with Gasteiger partial charge in [0.15, 0.2) is 5.78 Å². The number of ether oxygens (including phenoxy) is 3. The Labute approximate surface area is 315 Å². The number of aliphatic hydroxyl groups is 1. The number of hydrogen-bond acceptors (Lipinski definition) is 11. The molecule has 1 heterocycles. The lowest BCUT2D eigenvalue weighted by Crippen LogP contribution is -2.70. The van der Waals surface area contributed by atoms with Gasteiger partial charge in [-0.1, -0.05) is 155 Å². The summed E-state index contributed by atoms with van der Waals surface area (Å²) in [4.78, 5) is 13.7. The first-order valence-corrected chi connectivity index (χ1v) is 22.8. The zero-order chi connectivity index (χ0) is 38.9. The second kappa shape index (κ2) is 27.8. The predicted molar refractivity (Wildman–Crippen MR) is 201 cm³/mol. The number of ketones is 1. The summed E-state index contributed by atoms with van der Waals surface area (Å²) in [7, 11) is -9.13. The van der Waals surface area contributed by atoms with Crippen LogP contribution in [0.5, 0.6) is 0 Å². The van der Waals surface area contributed by atoms with Crippen molar-refractivity contribution in [2.75, 3.05) is 13.7 Å². The van der Waals surface area contributed by atoms with Crippen LogP contribution >= 0.6 is 0 Å². The van der Waals surface area contributed by atoms with Crippen LogP contribution in [0.15, 0.2) is 0 Å². The molecule has 310 valence electrons. The SMILES string of the molecule is CCCCCCCCCCCCCCCC(=O)[C@]1(OC)O[C@H](COS(=O)(=O)O)[C@@H](OS(=O)(=O)O)[C@H](OC(C)CCCCCCCCCCCC)[C@H]1O. The molecule has 6 atom stereocenters. The van der Waals surface area contributed by atoms with Crippen molar-refractivity contribution >= 4 is 26.6 Å². The summed E-state index contributed by atoms with van der Waals surface area (Å²) in [5.41, 5.74) is 0. The van der Waals surface area contributed by atoms with E-state index in [0.717, 1.165) is 58.5 Å². The lowest BCUT2D eigenvalue weighted by atomic mass is 9.87. The van der Waals surface area contributed by atoms with Crippen LogP contribution in [0.4, 0.5) is 0 Å². The van der Waals surface area contributed by atoms with Gasteiger partial charge in [-0.25, -0.2) is 8.37 Å². The zero-order valence-corrected chi connectivity index (χ0v) is 34.1. The number of aliphatic hydroxyl groups excluding tert-OH is 1. The number of carbonyl (C=O) groups is 1. The van der Waals surface area contributed by atoms with Gasteiger partial charge in [0, 0.05) is 13.5 Å². The first-order valence-electron chi connectivity index (χ1n) is 20.1. The lowest BCUT2D eigenvalue weighted by Gasteiger charge is -2.49. The number of unbranched alkanes of at least 4 members (excludes halogenated alkanes) is 21. The maximum absolute atomic E-state index is 13.7. The molecule has 1 fully saturated rings. The molecule has 0 spiro atoms. The Balaban J connectivity index is 2.88. The molecular weight excluding hydrogens is 717 g/mol. The summed E-state index contributed by atoms with van der Waals surface area (Å²) < 4.78 is 92.3. The minimum absolute atomic E-state index is 0.0563. The van der Waals surface area contributed by atoms with E-state index in [2.05, 4.69) is 18.0 Å². The molecule has 0 aromatic carbocycles. The minimum Gasteiger partial charge on any atom is -0.384 e. The number of hydrogen-bond donors (Lipinski definition) is 3. The summed E-state index contributed by atoms with van der Waals surface area (Å²) in [6.07, 6.45) is 18.4. The summed E-state index contributed by atoms with van der Waals surface area (Å²) >= 11 is 0. The average Bonchev–Trinajstić information content (AvgIpc) is 3.08. The third-order valence-electron chi connectivity index (χ3n) is 9.88. The third-order valence-corrected chi connectivity index (χ3v) is 10.8. The molecule has 0 bridgehead atoms. The van der Waals surface area contributed by atoms with E-state index in [-0.39, 0.29) is 6.42 Å². The van der Waals surface area contributed by atoms with E-state index in [0.29, 0.717) is 12.8 Å². The van der Waals surface area contributed by atoms with Crippen molar-refractivity contribution in [2.45, 2.75) is 218 Å². The van der Waals surface area contributed by atoms with Gasteiger partial charge >= 0.3 is 20.8 Å². The summed E-state index contributed by atoms with van der Waals surface area (Å²) in [6.45, 7) is 5.09. The maximum atomic E-state index is 13.7. The first kappa shape index (κ1) is 49.3. The Morgan fingerprint density at radius 3 is 1.50 bits per heavy atom. The Morgan fingerprint density at radius 1 is 0.673 bits per heavy atom. The second-order valence-electron chi connectivity index (χ2n) is 14.5. The largest absolute Gasteiger partial charge is 0.397 e. The van der Waals surface area contributed by atoms with Gasteiger partial charge in [0.1, 0.15) is 24.4 Å². The van der Waals surface area contributed by atoms with Crippen molar-refractivity contribution in [1.82, 2.24) is 0 Å². The van der Waals surface area contributed by atoms with E-state index in [1.807, 2.05) is 0 Å². The molecule has 15 heteroatoms. The summed E-state index contributed by atoms with van der Waals surface area (Å²) in [6, 6.07) is 0. The zero-order valence-electron chi connectivity index (χ0n) is 32.5. The minimum atomic E-state index is -5.20. The third kappa shape index (κ3) is 21.4. The van der Waals surface area contributed by atoms with Crippen LogP contribution in [-0.4, -0.2) is 86.9 Å². The van der Waals surface area contributed by atoms with Crippen LogP contribution in [0.1, 0.15) is 181 Å². The topological polar surface area (TPSA) is 192 Å². The van der Waals surface area contributed by atoms with Crippen LogP contribution < -0.4 is 0 Å². The fourth-order valence-corrected chi connectivity index (χ4v) is 7.73. The molecule has 13 nitrogen and oxygen atoms in total. The quantitative estimate of drug-likeness (QED) is 0.0418. The van der Waals surface area contributed by atoms with E-state index < -0.39 is 69.5 Å². The fourth-order valence-electron chi connectivity index (χ4n) is 6.91. The number of methoxy groups -OCH3 is 1. The van der Waals surface area contributed by atoms with Crippen LogP contribution in [-0.2, 0) is 48.2 Å². The maximum Gasteiger partial charge on any atom is 0.397 e. The Hall–Kier alpha value is -0.750. The lowest BCUT2D eigenvalue weighted by molar-refractivity contribution is -0.343. The highest BCUT2D eigenvalue weighted by Gasteiger charge is 2.61. The van der Waals surface area contributed by atoms with Gasteiger partial charge in [-0.05, 0) is 19.8 Å². The van der Waals surface area contributed by atoms with E-state index >= 15 is 0 Å². The molecule has 52 heavy (non-hydrogen) atoms. The van der Waals surface area contributed by atoms with E-state index in [9.17, 15) is 35.8 Å². The van der Waals surface area contributed by atoms with E-state index in [1.165, 1.54) is 89.9 Å². The second-order valence-corrected chi connectivity index (χ2v) is 16.6. The highest BCUT2D eigenvalue weighted by molar-refractivity contribution is 7.81. The molecule has 0 aromatic heterocycles. The normalized spacial score (nSPS) is 23.2. The molecule has 0 aromatic rings. The summed E-state index contributed by atoms with van der Waals surface area (Å²) in [5, 5.41) is 11.6. The molecular formula is C37H72O13S2. The molecule has 0 aliphatic carbocycles. The predicted octanol–water partition coefficient (Wildman–Crippen LogP) is 8.23. The Kier molecular flexibility index (Phi) is 26.3. The van der Waals surface area contributed by atoms with Gasteiger partial charge < -0.3 is 19.3 Å². The van der Waals surface area contributed by atoms with Crippen LogP contribution in [0.3, 0.4) is 0 Å². The molecule has 0 radical (unpaired) electrons. The monoisotopic (exact) mass is 788 g/mol. The van der Waals surface area contributed by atoms with Crippen molar-refractivity contribution in [1.29, 1.82) is 0 Å². The van der Waals surface area contributed by atoms with Gasteiger partial charge in [-0.3, -0.25) is 13.9 Å². The van der Waals surface area contributed by atoms with Crippen LogP contribution in [0, 0.1) is 0 Å². The first-order chi connectivity index (χ1) is 24.7. The van der Waals surface area contributed by atoms with Gasteiger partial charge in [-0.2, -0.15) is 16.8 Å². The van der Waals surface area contributed by atoms with Crippen molar-refractivity contribution < 1.29 is 58.4 Å². The van der Waals surface area contributed by atoms with Crippen molar-refractivity contribution in [2.24, 2.45) is 0 Å². The summed E-state index contributed by atoms with van der Waals surface area (Å²) in [5.74, 6) is -3.06. The fraction of sp³-hybridized carbons (Fsp3) is 0.973. The van der Waals surface area contributed by atoms with Gasteiger partial charge in [0.2, 0.25) is 0 Å². The van der Waals surface area contributed by atoms with E-state index in [1.54, 1.807) is 6.92 Å². The number of carbonyl (C=O) groups excluding carboxylic acids is 1. The van der Waals surface area contributed by atoms with Crippen LogP contribution in [0.25, 0.3) is 0 Å². The standard InChI is InChI=1S/C37H72O13S2/c1-5-7-9-11-13-15-17-18-19-21-23-25-27-29-33(38)37(46-4)36(39)35(34(50-52(43,44)45)32(49-37)30-47-51(40,41)42)48-31(3)28-26-24-22-20-16-14-12-10-8-6-2/h31-32,34-36,39H,5-30H2,1-4H3,(H,40,41,42)(H,43,44,45)/t31?,32-,34-,35+,36-,37+/m1/s1. The van der Waals surface area contributed by atoms with Crippen molar-refractivity contribution in [3.63, 3.8) is 0 Å². The van der Waals surface area contributed by atoms with Gasteiger partial charge in [0.05, 0.1) is 12.7 Å². The molecule has 1 rings (SSSR count). The average molecular weight is 789 g/mol. The molecule has 1 aliphatic heterocycles. The molecule has 1 saturated heterocycles. The Morgan fingerprint density at radius 2 is 1.10 bits per heavy atom. The Bertz CT molecular complexity index is 1130. The smallest absolute Gasteiger partial charge is 0.384 e. The number of rotatable bonds is 34. The molecule has 3 N–H and O–H groups in total. The van der Waals surface area contributed by atoms with Crippen molar-refractivity contribution in [3.05, 3.63) is 0 Å². The van der Waals surface area contributed by atoms with E-state index in [4.69, 9.17) is 18.4 Å². The molecule has 1 unspecified atom stereocenters. The highest BCUT2D eigenvalue weighted by Crippen LogP contribution is 2.37. The highest BCUT2D eigenvalue weighted by atomic mass is 32.3. The van der Waals surface area contributed by atoms with Gasteiger partial charge in [-0.15, -0.1) is 0 Å². The number of Topliss-reactive ketones (excluding diaryl/α,β-unsaturated/α-hetero) is 1. The molecule has 1 aliphatic rings. The molecule has 0 amide bonds. The van der Waals surface area contributed by atoms with Gasteiger partial charge in [0.25, 0.3) is 5.79 Å².